The van der Waals surface area contributed by atoms with E-state index in [9.17, 15) is 0 Å². The fraction of sp³-hybridized carbons (Fsp3) is 0.800. The van der Waals surface area contributed by atoms with Crippen LogP contribution in [0.5, 0.6) is 0 Å². The summed E-state index contributed by atoms with van der Waals surface area (Å²) in [5.41, 5.74) is 0.857. The van der Waals surface area contributed by atoms with Crippen molar-refractivity contribution in [2.45, 2.75) is 45.5 Å². The third-order valence-electron chi connectivity index (χ3n) is 2.24. The van der Waals surface area contributed by atoms with Gasteiger partial charge in [-0.25, -0.2) is 0 Å². The predicted octanol–water partition coefficient (Wildman–Crippen LogP) is 3.01. The Balaban J connectivity index is 2.51. The lowest BCUT2D eigenvalue weighted by Crippen LogP contribution is -2.07. The molecular weight excluding hydrogens is 198 g/mol. The first kappa shape index (κ1) is 11.5. The van der Waals surface area contributed by atoms with Crippen LogP contribution in [-0.2, 0) is 6.54 Å². The molecule has 0 aliphatic heterocycles. The molecule has 0 aliphatic carbocycles. The van der Waals surface area contributed by atoms with Crippen LogP contribution in [0.4, 0.5) is 0 Å². The van der Waals surface area contributed by atoms with E-state index < -0.39 is 0 Å². The van der Waals surface area contributed by atoms with Crippen LogP contribution in [0.25, 0.3) is 0 Å². The fourth-order valence-electron chi connectivity index (χ4n) is 1.49. The Hall–Kier alpha value is -0.570. The first-order valence-corrected chi connectivity index (χ1v) is 5.61. The topological polar surface area (TPSA) is 30.7 Å². The number of hydrogen-bond acceptors (Lipinski definition) is 2. The van der Waals surface area contributed by atoms with Crippen molar-refractivity contribution >= 4 is 11.6 Å². The second kappa shape index (κ2) is 5.35. The molecule has 80 valence electrons. The Morgan fingerprint density at radius 3 is 2.71 bits per heavy atom. The van der Waals surface area contributed by atoms with Crippen molar-refractivity contribution in [1.29, 1.82) is 0 Å². The second-order valence-corrected chi connectivity index (χ2v) is 4.53. The van der Waals surface area contributed by atoms with Gasteiger partial charge >= 0.3 is 0 Å². The van der Waals surface area contributed by atoms with Crippen LogP contribution in [0.15, 0.2) is 6.20 Å². The molecule has 0 spiro atoms. The molecule has 4 heteroatoms. The smallest absolute Gasteiger partial charge is 0.100 e. The average molecular weight is 216 g/mol. The van der Waals surface area contributed by atoms with Crippen LogP contribution in [0.1, 0.15) is 44.7 Å². The molecule has 14 heavy (non-hydrogen) atoms. The monoisotopic (exact) mass is 215 g/mol. The van der Waals surface area contributed by atoms with Crippen LogP contribution in [-0.4, -0.2) is 15.0 Å². The minimum Gasteiger partial charge on any atom is -0.252 e. The standard InChI is InChI=1S/C10H18ClN3/c1-4-5-8(2)6-14-7-10(9(3)11)12-13-14/h7-9H,4-6H2,1-3H3. The van der Waals surface area contributed by atoms with Gasteiger partial charge in [0.25, 0.3) is 0 Å². The van der Waals surface area contributed by atoms with Crippen LogP contribution in [0.3, 0.4) is 0 Å². The fourth-order valence-corrected chi connectivity index (χ4v) is 1.59. The Bertz CT molecular complexity index is 270. The number of hydrogen-bond donors (Lipinski definition) is 0. The molecule has 1 aromatic heterocycles. The molecule has 3 nitrogen and oxygen atoms in total. The van der Waals surface area contributed by atoms with Gasteiger partial charge in [-0.2, -0.15) is 0 Å². The maximum absolute atomic E-state index is 5.90. The van der Waals surface area contributed by atoms with Gasteiger partial charge in [0.05, 0.1) is 5.38 Å². The molecule has 0 aromatic carbocycles. The van der Waals surface area contributed by atoms with Crippen molar-refractivity contribution in [2.75, 3.05) is 0 Å². The Morgan fingerprint density at radius 2 is 2.21 bits per heavy atom. The summed E-state index contributed by atoms with van der Waals surface area (Å²) < 4.78 is 1.88. The summed E-state index contributed by atoms with van der Waals surface area (Å²) in [5.74, 6) is 0.653. The minimum absolute atomic E-state index is 0.0507. The highest BCUT2D eigenvalue weighted by Gasteiger charge is 2.08. The van der Waals surface area contributed by atoms with E-state index in [1.807, 2.05) is 17.8 Å². The van der Waals surface area contributed by atoms with Crippen LogP contribution in [0.2, 0.25) is 0 Å². The Kier molecular flexibility index (Phi) is 4.39. The molecule has 0 saturated heterocycles. The van der Waals surface area contributed by atoms with E-state index in [1.54, 1.807) is 0 Å². The Labute approximate surface area is 90.4 Å². The molecule has 0 bridgehead atoms. The van der Waals surface area contributed by atoms with Gasteiger partial charge in [0.1, 0.15) is 5.69 Å². The lowest BCUT2D eigenvalue weighted by atomic mass is 10.1. The number of halogens is 1. The lowest BCUT2D eigenvalue weighted by Gasteiger charge is -2.08. The molecule has 1 heterocycles. The first-order chi connectivity index (χ1) is 6.63. The summed E-state index contributed by atoms with van der Waals surface area (Å²) in [6, 6.07) is 0. The zero-order valence-corrected chi connectivity index (χ0v) is 9.83. The molecule has 0 saturated carbocycles. The minimum atomic E-state index is -0.0507. The van der Waals surface area contributed by atoms with Crippen molar-refractivity contribution in [3.8, 4) is 0 Å². The summed E-state index contributed by atoms with van der Waals surface area (Å²) in [4.78, 5) is 0. The summed E-state index contributed by atoms with van der Waals surface area (Å²) in [6.07, 6.45) is 4.38. The largest absolute Gasteiger partial charge is 0.252 e. The van der Waals surface area contributed by atoms with E-state index in [1.165, 1.54) is 12.8 Å². The third kappa shape index (κ3) is 3.29. The number of nitrogens with zero attached hydrogens (tertiary/aromatic N) is 3. The molecule has 2 unspecified atom stereocenters. The highest BCUT2D eigenvalue weighted by molar-refractivity contribution is 6.20. The van der Waals surface area contributed by atoms with Crippen molar-refractivity contribution in [3.63, 3.8) is 0 Å². The van der Waals surface area contributed by atoms with Gasteiger partial charge in [-0.1, -0.05) is 25.5 Å². The summed E-state index contributed by atoms with van der Waals surface area (Å²) in [6.45, 7) is 7.27. The van der Waals surface area contributed by atoms with E-state index >= 15 is 0 Å². The summed E-state index contributed by atoms with van der Waals surface area (Å²) in [5, 5.41) is 8.00. The van der Waals surface area contributed by atoms with Gasteiger partial charge in [-0.05, 0) is 19.3 Å². The number of rotatable bonds is 5. The third-order valence-corrected chi connectivity index (χ3v) is 2.47. The molecule has 0 N–H and O–H groups in total. The van der Waals surface area contributed by atoms with E-state index in [0.717, 1.165) is 12.2 Å². The van der Waals surface area contributed by atoms with Crippen molar-refractivity contribution in [3.05, 3.63) is 11.9 Å². The Morgan fingerprint density at radius 1 is 1.50 bits per heavy atom. The molecule has 0 amide bonds. The SMILES string of the molecule is CCCC(C)Cn1cc(C(C)Cl)nn1. The molecule has 1 rings (SSSR count). The maximum atomic E-state index is 5.90. The highest BCUT2D eigenvalue weighted by atomic mass is 35.5. The van der Waals surface area contributed by atoms with E-state index in [0.29, 0.717) is 5.92 Å². The molecule has 0 fully saturated rings. The molecule has 1 aromatic rings. The van der Waals surface area contributed by atoms with Crippen molar-refractivity contribution < 1.29 is 0 Å². The number of aromatic nitrogens is 3. The quantitative estimate of drug-likeness (QED) is 0.707. The molecule has 0 aliphatic rings. The van der Waals surface area contributed by atoms with Gasteiger partial charge in [0.15, 0.2) is 0 Å². The van der Waals surface area contributed by atoms with Crippen molar-refractivity contribution in [2.24, 2.45) is 5.92 Å². The second-order valence-electron chi connectivity index (χ2n) is 3.88. The highest BCUT2D eigenvalue weighted by Crippen LogP contribution is 2.16. The van der Waals surface area contributed by atoms with Crippen LogP contribution < -0.4 is 0 Å². The molecular formula is C10H18ClN3. The zero-order valence-electron chi connectivity index (χ0n) is 9.07. The van der Waals surface area contributed by atoms with Gasteiger partial charge in [-0.15, -0.1) is 16.7 Å². The van der Waals surface area contributed by atoms with E-state index in [4.69, 9.17) is 11.6 Å². The zero-order chi connectivity index (χ0) is 10.6. The van der Waals surface area contributed by atoms with Gasteiger partial charge in [0.2, 0.25) is 0 Å². The molecule has 0 radical (unpaired) electrons. The van der Waals surface area contributed by atoms with Crippen LogP contribution in [0, 0.1) is 5.92 Å². The number of alkyl halides is 1. The predicted molar refractivity (Wildman–Crippen MR) is 58.4 cm³/mol. The average Bonchev–Trinajstić information content (AvgIpc) is 2.53. The van der Waals surface area contributed by atoms with Gasteiger partial charge < -0.3 is 0 Å². The van der Waals surface area contributed by atoms with Gasteiger partial charge in [-0.3, -0.25) is 4.68 Å². The van der Waals surface area contributed by atoms with E-state index in [-0.39, 0.29) is 5.38 Å². The maximum Gasteiger partial charge on any atom is 0.100 e. The van der Waals surface area contributed by atoms with Crippen LogP contribution >= 0.6 is 11.6 Å². The summed E-state index contributed by atoms with van der Waals surface area (Å²) in [7, 11) is 0. The molecule has 2 atom stereocenters. The lowest BCUT2D eigenvalue weighted by molar-refractivity contribution is 0.414. The normalized spacial score (nSPS) is 15.4. The van der Waals surface area contributed by atoms with Crippen molar-refractivity contribution in [1.82, 2.24) is 15.0 Å². The summed E-state index contributed by atoms with van der Waals surface area (Å²) >= 11 is 5.90. The van der Waals surface area contributed by atoms with E-state index in [2.05, 4.69) is 24.2 Å². The first-order valence-electron chi connectivity index (χ1n) is 5.17. The van der Waals surface area contributed by atoms with Gasteiger partial charge in [0, 0.05) is 12.7 Å².